The Bertz CT molecular complexity index is 660. The molecule has 0 atom stereocenters. The van der Waals surface area contributed by atoms with Gasteiger partial charge in [0.25, 0.3) is 0 Å². The molecule has 0 saturated carbocycles. The van der Waals surface area contributed by atoms with Gasteiger partial charge in [0.15, 0.2) is 0 Å². The van der Waals surface area contributed by atoms with Crippen LogP contribution in [0.15, 0.2) is 0 Å². The van der Waals surface area contributed by atoms with E-state index >= 15 is 0 Å². The molecule has 8 nitrogen and oxygen atoms in total. The first-order chi connectivity index (χ1) is 15.6. The van der Waals surface area contributed by atoms with Crippen LogP contribution >= 0.6 is 0 Å². The Morgan fingerprint density at radius 1 is 0.412 bits per heavy atom. The lowest BCUT2D eigenvalue weighted by molar-refractivity contribution is -0.890. The molecule has 0 aromatic rings. The van der Waals surface area contributed by atoms with Crippen LogP contribution in [0.3, 0.4) is 0 Å². The van der Waals surface area contributed by atoms with Gasteiger partial charge in [-0.3, -0.25) is 0 Å². The highest BCUT2D eigenvalue weighted by Gasteiger charge is 2.15. The van der Waals surface area contributed by atoms with Crippen molar-refractivity contribution < 1.29 is 34.9 Å². The zero-order valence-corrected chi connectivity index (χ0v) is 23.9. The third kappa shape index (κ3) is 24.9. The summed E-state index contributed by atoms with van der Waals surface area (Å²) in [7, 11) is 0.544. The lowest BCUT2D eigenvalue weighted by Crippen LogP contribution is -2.41. The summed E-state index contributed by atoms with van der Waals surface area (Å²) in [5.41, 5.74) is 0. The second-order valence-corrected chi connectivity index (χ2v) is 14.3. The first-order valence-electron chi connectivity index (χ1n) is 13.1. The molecule has 0 fully saturated rings. The van der Waals surface area contributed by atoms with E-state index in [1.54, 1.807) is 0 Å². The van der Waals surface area contributed by atoms with Gasteiger partial charge < -0.3 is 18.1 Å². The van der Waals surface area contributed by atoms with Crippen LogP contribution in [0.5, 0.6) is 0 Å². The van der Waals surface area contributed by atoms with Gasteiger partial charge in [-0.2, -0.15) is 0 Å². The fraction of sp³-hybridized carbons (Fsp3) is 1.00. The van der Waals surface area contributed by atoms with Crippen molar-refractivity contribution in [3.05, 3.63) is 0 Å². The van der Waals surface area contributed by atoms with Crippen LogP contribution in [0.2, 0.25) is 0 Å². The van der Waals surface area contributed by atoms with Crippen molar-refractivity contribution in [3.8, 4) is 0 Å². The summed E-state index contributed by atoms with van der Waals surface area (Å²) >= 11 is 0. The van der Waals surface area contributed by atoms with Crippen molar-refractivity contribution >= 4 is 20.2 Å². The smallest absolute Gasteiger partial charge is 0.0945 e. The van der Waals surface area contributed by atoms with E-state index in [1.165, 1.54) is 64.2 Å². The zero-order chi connectivity index (χ0) is 26.1. The molecule has 0 aliphatic carbocycles. The van der Waals surface area contributed by atoms with Crippen molar-refractivity contribution in [1.82, 2.24) is 0 Å². The van der Waals surface area contributed by atoms with Gasteiger partial charge in [0.1, 0.15) is 0 Å². The summed E-state index contributed by atoms with van der Waals surface area (Å²) in [6.07, 6.45) is 15.1. The Labute approximate surface area is 210 Å². The van der Waals surface area contributed by atoms with Crippen LogP contribution in [0.1, 0.15) is 89.9 Å². The van der Waals surface area contributed by atoms with Crippen LogP contribution in [-0.4, -0.2) is 101 Å². The molecular formula is C24H52N2O6S2. The third-order valence-electron chi connectivity index (χ3n) is 6.59. The van der Waals surface area contributed by atoms with E-state index in [0.29, 0.717) is 12.8 Å². The maximum absolute atomic E-state index is 10.7. The van der Waals surface area contributed by atoms with Crippen LogP contribution in [0.4, 0.5) is 0 Å². The Balaban J connectivity index is 3.54. The van der Waals surface area contributed by atoms with Gasteiger partial charge in [-0.05, 0) is 51.4 Å². The van der Waals surface area contributed by atoms with Gasteiger partial charge >= 0.3 is 0 Å². The average Bonchev–Trinajstić information content (AvgIpc) is 2.68. The summed E-state index contributed by atoms with van der Waals surface area (Å²) in [4.78, 5) is 0. The SMILES string of the molecule is C[N+](C)(CCCCCCCCCCCC[N+](C)(C)CCCCS(=O)(=O)[O-])CCCCS(=O)(=O)[O-]. The minimum atomic E-state index is -4.08. The molecule has 0 rings (SSSR count). The first-order valence-corrected chi connectivity index (χ1v) is 16.3. The normalized spacial score (nSPS) is 13.5. The van der Waals surface area contributed by atoms with Crippen LogP contribution in [0, 0.1) is 0 Å². The number of unbranched alkanes of at least 4 members (excludes halogenated alkanes) is 11. The van der Waals surface area contributed by atoms with E-state index in [9.17, 15) is 25.9 Å². The summed E-state index contributed by atoms with van der Waals surface area (Å²) in [6, 6.07) is 0. The molecule has 0 spiro atoms. The summed E-state index contributed by atoms with van der Waals surface area (Å²) in [5.74, 6) is -0.491. The van der Waals surface area contributed by atoms with Crippen LogP contribution < -0.4 is 0 Å². The van der Waals surface area contributed by atoms with E-state index in [0.717, 1.165) is 48.0 Å². The standard InChI is InChI=1S/C24H52N2O6S2/c1-25(2,21-15-17-23-33(27,28)29)19-13-11-9-7-5-6-8-10-12-14-20-26(3,4)22-16-18-24-34(30,31)32/h5-24H2,1-4H3. The molecule has 0 amide bonds. The number of quaternary nitrogens is 2. The van der Waals surface area contributed by atoms with E-state index in [2.05, 4.69) is 28.2 Å². The first kappa shape index (κ1) is 33.7. The van der Waals surface area contributed by atoms with Crippen molar-refractivity contribution in [1.29, 1.82) is 0 Å². The van der Waals surface area contributed by atoms with Gasteiger partial charge in [0.05, 0.1) is 74.6 Å². The van der Waals surface area contributed by atoms with Crippen LogP contribution in [-0.2, 0) is 20.2 Å². The molecule has 206 valence electrons. The molecule has 0 aliphatic heterocycles. The van der Waals surface area contributed by atoms with Gasteiger partial charge in [0.2, 0.25) is 0 Å². The molecule has 0 radical (unpaired) electrons. The Morgan fingerprint density at radius 3 is 0.853 bits per heavy atom. The molecule has 10 heteroatoms. The molecule has 0 unspecified atom stereocenters. The highest BCUT2D eigenvalue weighted by molar-refractivity contribution is 7.85. The molecule has 34 heavy (non-hydrogen) atoms. The fourth-order valence-corrected chi connectivity index (χ4v) is 5.47. The van der Waals surface area contributed by atoms with Crippen molar-refractivity contribution in [3.63, 3.8) is 0 Å². The molecule has 0 heterocycles. The second kappa shape index (κ2) is 17.2. The third-order valence-corrected chi connectivity index (χ3v) is 8.17. The molecule has 0 aromatic carbocycles. The highest BCUT2D eigenvalue weighted by atomic mass is 32.2. The molecule has 0 saturated heterocycles. The van der Waals surface area contributed by atoms with E-state index in [-0.39, 0.29) is 11.5 Å². The molecule has 0 aliphatic rings. The van der Waals surface area contributed by atoms with Crippen LogP contribution in [0.25, 0.3) is 0 Å². The van der Waals surface area contributed by atoms with Gasteiger partial charge in [0, 0.05) is 11.5 Å². The maximum atomic E-state index is 10.7. The maximum Gasteiger partial charge on any atom is 0.0945 e. The topological polar surface area (TPSA) is 114 Å². The quantitative estimate of drug-likeness (QED) is 0.113. The Morgan fingerprint density at radius 2 is 0.618 bits per heavy atom. The lowest BCUT2D eigenvalue weighted by Gasteiger charge is -2.30. The predicted molar refractivity (Wildman–Crippen MR) is 137 cm³/mol. The zero-order valence-electron chi connectivity index (χ0n) is 22.3. The Hall–Kier alpha value is -0.260. The minimum Gasteiger partial charge on any atom is -0.748 e. The largest absolute Gasteiger partial charge is 0.748 e. The summed E-state index contributed by atoms with van der Waals surface area (Å²) in [5, 5.41) is 0. The van der Waals surface area contributed by atoms with Crippen molar-refractivity contribution in [2.24, 2.45) is 0 Å². The van der Waals surface area contributed by atoms with Crippen molar-refractivity contribution in [2.45, 2.75) is 89.9 Å². The average molecular weight is 529 g/mol. The van der Waals surface area contributed by atoms with E-state index in [4.69, 9.17) is 0 Å². The molecule has 0 aromatic heterocycles. The number of hydrogen-bond acceptors (Lipinski definition) is 6. The number of nitrogens with zero attached hydrogens (tertiary/aromatic N) is 2. The highest BCUT2D eigenvalue weighted by Crippen LogP contribution is 2.13. The van der Waals surface area contributed by atoms with Gasteiger partial charge in [-0.1, -0.05) is 38.5 Å². The minimum absolute atomic E-state index is 0.246. The van der Waals surface area contributed by atoms with Gasteiger partial charge in [-0.15, -0.1) is 0 Å². The number of hydrogen-bond donors (Lipinski definition) is 0. The van der Waals surface area contributed by atoms with Gasteiger partial charge in [-0.25, -0.2) is 16.8 Å². The Kier molecular flexibility index (Phi) is 17.1. The van der Waals surface area contributed by atoms with E-state index in [1.807, 2.05) is 0 Å². The summed E-state index contributed by atoms with van der Waals surface area (Å²) < 4.78 is 65.7. The molecule has 0 N–H and O–H groups in total. The lowest BCUT2D eigenvalue weighted by atomic mass is 10.1. The molecular weight excluding hydrogens is 476 g/mol. The fourth-order valence-electron chi connectivity index (χ4n) is 4.35. The molecule has 0 bridgehead atoms. The summed E-state index contributed by atoms with van der Waals surface area (Å²) in [6.45, 7) is 4.02. The monoisotopic (exact) mass is 528 g/mol. The number of rotatable bonds is 23. The van der Waals surface area contributed by atoms with E-state index < -0.39 is 20.2 Å². The second-order valence-electron chi connectivity index (χ2n) is 11.2. The predicted octanol–water partition coefficient (Wildman–Crippen LogP) is 3.69. The van der Waals surface area contributed by atoms with Crippen molar-refractivity contribution in [2.75, 3.05) is 65.9 Å².